The first-order valence-electron chi connectivity index (χ1n) is 7.08. The predicted octanol–water partition coefficient (Wildman–Crippen LogP) is 2.71. The van der Waals surface area contributed by atoms with Gasteiger partial charge in [0.05, 0.1) is 0 Å². The molecule has 2 fully saturated rings. The van der Waals surface area contributed by atoms with Crippen molar-refractivity contribution in [2.75, 3.05) is 18.0 Å². The van der Waals surface area contributed by atoms with Gasteiger partial charge in [0.25, 0.3) is 0 Å². The highest BCUT2D eigenvalue weighted by atomic mass is 16.5. The van der Waals surface area contributed by atoms with Crippen molar-refractivity contribution < 1.29 is 4.74 Å². The Bertz CT molecular complexity index is 412. The van der Waals surface area contributed by atoms with E-state index in [4.69, 9.17) is 4.74 Å². The molecule has 1 aliphatic carbocycles. The van der Waals surface area contributed by atoms with Gasteiger partial charge < -0.3 is 9.64 Å². The fraction of sp³-hybridized carbons (Fsp3) is 0.714. The average Bonchev–Trinajstić information content (AvgIpc) is 2.34. The summed E-state index contributed by atoms with van der Waals surface area (Å²) in [7, 11) is 0. The van der Waals surface area contributed by atoms with Crippen LogP contribution in [0.2, 0.25) is 0 Å². The molecule has 1 saturated carbocycles. The molecule has 18 heavy (non-hydrogen) atoms. The Morgan fingerprint density at radius 3 is 2.56 bits per heavy atom. The molecular weight excluding hydrogens is 226 g/mol. The highest BCUT2D eigenvalue weighted by Gasteiger charge is 2.21. The third-order valence-electron chi connectivity index (χ3n) is 3.80. The molecule has 0 aromatic carbocycles. The molecule has 1 saturated heterocycles. The second-order valence-corrected chi connectivity index (χ2v) is 5.37. The molecule has 1 aromatic heterocycles. The van der Waals surface area contributed by atoms with E-state index >= 15 is 0 Å². The van der Waals surface area contributed by atoms with Crippen LogP contribution in [0.1, 0.15) is 44.2 Å². The van der Waals surface area contributed by atoms with Crippen LogP contribution in [0, 0.1) is 6.92 Å². The van der Waals surface area contributed by atoms with Crippen LogP contribution in [0.5, 0.6) is 5.88 Å². The van der Waals surface area contributed by atoms with Crippen molar-refractivity contribution in [2.45, 2.75) is 51.6 Å². The Labute approximate surface area is 108 Å². The molecule has 0 N–H and O–H groups in total. The Kier molecular flexibility index (Phi) is 3.35. The van der Waals surface area contributed by atoms with E-state index in [1.165, 1.54) is 38.5 Å². The fourth-order valence-electron chi connectivity index (χ4n) is 2.48. The van der Waals surface area contributed by atoms with E-state index < -0.39 is 0 Å². The number of piperidine rings is 1. The third-order valence-corrected chi connectivity index (χ3v) is 3.80. The van der Waals surface area contributed by atoms with Gasteiger partial charge >= 0.3 is 0 Å². The maximum atomic E-state index is 5.88. The molecule has 3 rings (SSSR count). The SMILES string of the molecule is Cc1cc(OC2CCC2)nc(N2CCCCC2)n1. The van der Waals surface area contributed by atoms with Gasteiger partial charge in [0.1, 0.15) is 6.10 Å². The first kappa shape index (κ1) is 11.8. The average molecular weight is 247 g/mol. The van der Waals surface area contributed by atoms with E-state index in [9.17, 15) is 0 Å². The molecule has 0 amide bonds. The molecule has 1 aliphatic heterocycles. The number of hydrogen-bond donors (Lipinski definition) is 0. The molecule has 2 aliphatic rings. The van der Waals surface area contributed by atoms with Crippen LogP contribution < -0.4 is 9.64 Å². The Morgan fingerprint density at radius 2 is 1.89 bits per heavy atom. The summed E-state index contributed by atoms with van der Waals surface area (Å²) in [6, 6.07) is 1.95. The van der Waals surface area contributed by atoms with E-state index in [2.05, 4.69) is 14.9 Å². The molecule has 0 atom stereocenters. The zero-order valence-electron chi connectivity index (χ0n) is 11.1. The van der Waals surface area contributed by atoms with Crippen molar-refractivity contribution in [1.29, 1.82) is 0 Å². The zero-order valence-corrected chi connectivity index (χ0v) is 11.1. The van der Waals surface area contributed by atoms with Crippen molar-refractivity contribution >= 4 is 5.95 Å². The molecule has 98 valence electrons. The maximum absolute atomic E-state index is 5.88. The topological polar surface area (TPSA) is 38.2 Å². The summed E-state index contributed by atoms with van der Waals surface area (Å²) in [5.74, 6) is 1.61. The van der Waals surface area contributed by atoms with Crippen LogP contribution in [0.4, 0.5) is 5.95 Å². The molecule has 0 radical (unpaired) electrons. The number of anilines is 1. The van der Waals surface area contributed by atoms with Crippen LogP contribution in [-0.2, 0) is 0 Å². The van der Waals surface area contributed by atoms with Crippen molar-refractivity contribution in [1.82, 2.24) is 9.97 Å². The summed E-state index contributed by atoms with van der Waals surface area (Å²) in [6.07, 6.45) is 7.83. The molecule has 0 spiro atoms. The van der Waals surface area contributed by atoms with E-state index in [0.29, 0.717) is 6.10 Å². The van der Waals surface area contributed by atoms with Crippen molar-refractivity contribution in [2.24, 2.45) is 0 Å². The van der Waals surface area contributed by atoms with Gasteiger partial charge in [0.2, 0.25) is 11.8 Å². The predicted molar refractivity (Wildman–Crippen MR) is 71.1 cm³/mol. The fourth-order valence-corrected chi connectivity index (χ4v) is 2.48. The van der Waals surface area contributed by atoms with Crippen molar-refractivity contribution in [3.8, 4) is 5.88 Å². The molecular formula is C14H21N3O. The van der Waals surface area contributed by atoms with Gasteiger partial charge in [-0.15, -0.1) is 0 Å². The molecule has 4 heteroatoms. The van der Waals surface area contributed by atoms with Gasteiger partial charge in [-0.3, -0.25) is 0 Å². The normalized spacial score (nSPS) is 20.6. The van der Waals surface area contributed by atoms with Crippen LogP contribution in [0.3, 0.4) is 0 Å². The summed E-state index contributed by atoms with van der Waals surface area (Å²) in [5.41, 5.74) is 1.000. The van der Waals surface area contributed by atoms with E-state index in [-0.39, 0.29) is 0 Å². The van der Waals surface area contributed by atoms with Crippen molar-refractivity contribution in [3.63, 3.8) is 0 Å². The van der Waals surface area contributed by atoms with Gasteiger partial charge in [0.15, 0.2) is 0 Å². The maximum Gasteiger partial charge on any atom is 0.228 e. The molecule has 1 aromatic rings. The van der Waals surface area contributed by atoms with Gasteiger partial charge in [-0.05, 0) is 45.4 Å². The van der Waals surface area contributed by atoms with Crippen LogP contribution in [0.15, 0.2) is 6.07 Å². The lowest BCUT2D eigenvalue weighted by Gasteiger charge is -2.29. The van der Waals surface area contributed by atoms with Gasteiger partial charge in [-0.25, -0.2) is 4.98 Å². The monoisotopic (exact) mass is 247 g/mol. The Hall–Kier alpha value is -1.32. The molecule has 0 unspecified atom stereocenters. The first-order valence-corrected chi connectivity index (χ1v) is 7.08. The van der Waals surface area contributed by atoms with Gasteiger partial charge in [-0.2, -0.15) is 4.98 Å². The second-order valence-electron chi connectivity index (χ2n) is 5.37. The lowest BCUT2D eigenvalue weighted by Crippen LogP contribution is -2.31. The molecule has 0 bridgehead atoms. The number of ether oxygens (including phenoxy) is 1. The first-order chi connectivity index (χ1) is 8.81. The second kappa shape index (κ2) is 5.12. The Morgan fingerprint density at radius 1 is 1.11 bits per heavy atom. The van der Waals surface area contributed by atoms with Crippen LogP contribution in [-0.4, -0.2) is 29.2 Å². The largest absolute Gasteiger partial charge is 0.474 e. The minimum Gasteiger partial charge on any atom is -0.474 e. The van der Waals surface area contributed by atoms with E-state index in [1.54, 1.807) is 0 Å². The van der Waals surface area contributed by atoms with Gasteiger partial charge in [-0.1, -0.05) is 0 Å². The highest BCUT2D eigenvalue weighted by Crippen LogP contribution is 2.26. The lowest BCUT2D eigenvalue weighted by atomic mass is 9.96. The molecule has 4 nitrogen and oxygen atoms in total. The van der Waals surface area contributed by atoms with E-state index in [1.807, 2.05) is 13.0 Å². The summed E-state index contributed by atoms with van der Waals surface area (Å²) >= 11 is 0. The Balaban J connectivity index is 1.75. The zero-order chi connectivity index (χ0) is 12.4. The number of nitrogens with zero attached hydrogens (tertiary/aromatic N) is 3. The summed E-state index contributed by atoms with van der Waals surface area (Å²) in [6.45, 7) is 4.17. The van der Waals surface area contributed by atoms with Gasteiger partial charge in [0, 0.05) is 24.8 Å². The van der Waals surface area contributed by atoms with Crippen LogP contribution in [0.25, 0.3) is 0 Å². The number of aryl methyl sites for hydroxylation is 1. The van der Waals surface area contributed by atoms with Crippen LogP contribution >= 0.6 is 0 Å². The smallest absolute Gasteiger partial charge is 0.228 e. The standard InChI is InChI=1S/C14H21N3O/c1-11-10-13(18-12-6-5-7-12)16-14(15-11)17-8-3-2-4-9-17/h10,12H,2-9H2,1H3. The molecule has 2 heterocycles. The number of rotatable bonds is 3. The quantitative estimate of drug-likeness (QED) is 0.823. The summed E-state index contributed by atoms with van der Waals surface area (Å²) < 4.78 is 5.88. The highest BCUT2D eigenvalue weighted by molar-refractivity contribution is 5.34. The summed E-state index contributed by atoms with van der Waals surface area (Å²) in [4.78, 5) is 11.4. The number of hydrogen-bond acceptors (Lipinski definition) is 4. The van der Waals surface area contributed by atoms with Crippen molar-refractivity contribution in [3.05, 3.63) is 11.8 Å². The third kappa shape index (κ3) is 2.57. The minimum atomic E-state index is 0.383. The minimum absolute atomic E-state index is 0.383. The summed E-state index contributed by atoms with van der Waals surface area (Å²) in [5, 5.41) is 0. The lowest BCUT2D eigenvalue weighted by molar-refractivity contribution is 0.114. The van der Waals surface area contributed by atoms with E-state index in [0.717, 1.165) is 30.6 Å². The number of aromatic nitrogens is 2.